The highest BCUT2D eigenvalue weighted by atomic mass is 19.1. The minimum Gasteiger partial charge on any atom is -0.369 e. The van der Waals surface area contributed by atoms with Crippen LogP contribution >= 0.6 is 0 Å². The van der Waals surface area contributed by atoms with E-state index in [0.717, 1.165) is 11.1 Å². The molecule has 2 aliphatic heterocycles. The maximum atomic E-state index is 13.8. The van der Waals surface area contributed by atoms with Crippen LogP contribution in [0.25, 0.3) is 0 Å². The van der Waals surface area contributed by atoms with Crippen molar-refractivity contribution in [2.24, 2.45) is 16.8 Å². The van der Waals surface area contributed by atoms with Crippen molar-refractivity contribution in [2.75, 3.05) is 19.6 Å². The van der Waals surface area contributed by atoms with Crippen molar-refractivity contribution in [1.82, 2.24) is 9.91 Å². The third-order valence-corrected chi connectivity index (χ3v) is 6.22. The summed E-state index contributed by atoms with van der Waals surface area (Å²) in [4.78, 5) is 26.7. The molecule has 4 rings (SSSR count). The number of likely N-dealkylation sites (tertiary alicyclic amines) is 1. The molecule has 2 aliphatic rings. The van der Waals surface area contributed by atoms with E-state index in [9.17, 15) is 14.0 Å². The lowest BCUT2D eigenvalue weighted by Crippen LogP contribution is -2.44. The van der Waals surface area contributed by atoms with E-state index in [1.807, 2.05) is 42.2 Å². The second-order valence-electron chi connectivity index (χ2n) is 8.32. The fourth-order valence-electron chi connectivity index (χ4n) is 4.43. The first-order valence-corrected chi connectivity index (χ1v) is 10.6. The molecule has 2 aromatic carbocycles. The molecule has 1 fully saturated rings. The smallest absolute Gasteiger partial charge is 0.257 e. The van der Waals surface area contributed by atoms with Gasteiger partial charge in [0.25, 0.3) is 5.91 Å². The number of carbonyl (C=O) groups excluding carboxylic acids is 2. The van der Waals surface area contributed by atoms with Gasteiger partial charge in [-0.1, -0.05) is 36.4 Å². The number of hydrogen-bond acceptors (Lipinski definition) is 4. The Kier molecular flexibility index (Phi) is 6.13. The summed E-state index contributed by atoms with van der Waals surface area (Å²) < 4.78 is 13.8. The molecule has 0 aromatic heterocycles. The van der Waals surface area contributed by atoms with Crippen LogP contribution < -0.4 is 5.73 Å². The van der Waals surface area contributed by atoms with E-state index < -0.39 is 0 Å². The Morgan fingerprint density at radius 2 is 1.87 bits per heavy atom. The van der Waals surface area contributed by atoms with Gasteiger partial charge in [0.2, 0.25) is 5.91 Å². The van der Waals surface area contributed by atoms with Crippen LogP contribution in [0.1, 0.15) is 42.0 Å². The second kappa shape index (κ2) is 8.98. The van der Waals surface area contributed by atoms with E-state index in [-0.39, 0.29) is 36.1 Å². The quantitative estimate of drug-likeness (QED) is 0.805. The van der Waals surface area contributed by atoms with E-state index in [2.05, 4.69) is 5.10 Å². The van der Waals surface area contributed by atoms with Gasteiger partial charge in [-0.3, -0.25) is 14.5 Å². The standard InChI is InChI=1S/C24H27FN4O2/c1-16-5-2-3-8-20(16)22-14-21(18-6-4-7-19(25)13-18)27-29(22)23(30)15-28-11-9-17(10-12-28)24(26)31/h2-8,13,17,22H,9-12,14-15H2,1H3,(H2,26,31)/t22-/m1/s1. The van der Waals surface area contributed by atoms with Crippen molar-refractivity contribution in [1.29, 1.82) is 0 Å². The fourth-order valence-corrected chi connectivity index (χ4v) is 4.43. The third kappa shape index (κ3) is 4.66. The second-order valence-corrected chi connectivity index (χ2v) is 8.32. The molecule has 162 valence electrons. The Morgan fingerprint density at radius 3 is 2.55 bits per heavy atom. The van der Waals surface area contributed by atoms with Gasteiger partial charge in [-0.15, -0.1) is 0 Å². The van der Waals surface area contributed by atoms with Gasteiger partial charge in [0.15, 0.2) is 0 Å². The molecule has 0 spiro atoms. The highest BCUT2D eigenvalue weighted by Crippen LogP contribution is 2.34. The molecule has 0 radical (unpaired) electrons. The van der Waals surface area contributed by atoms with Crippen LogP contribution in [0, 0.1) is 18.7 Å². The number of nitrogens with zero attached hydrogens (tertiary/aromatic N) is 3. The summed E-state index contributed by atoms with van der Waals surface area (Å²) in [5.41, 5.74) is 8.93. The van der Waals surface area contributed by atoms with Gasteiger partial charge in [-0.05, 0) is 56.1 Å². The predicted octanol–water partition coefficient (Wildman–Crippen LogP) is 3.01. The number of aryl methyl sites for hydroxylation is 1. The molecule has 0 saturated carbocycles. The van der Waals surface area contributed by atoms with Crippen LogP contribution in [-0.4, -0.2) is 47.1 Å². The summed E-state index contributed by atoms with van der Waals surface area (Å²) in [7, 11) is 0. The summed E-state index contributed by atoms with van der Waals surface area (Å²) >= 11 is 0. The van der Waals surface area contributed by atoms with Crippen molar-refractivity contribution in [3.8, 4) is 0 Å². The molecule has 31 heavy (non-hydrogen) atoms. The first-order chi connectivity index (χ1) is 14.9. The van der Waals surface area contributed by atoms with Crippen molar-refractivity contribution >= 4 is 17.5 Å². The highest BCUT2D eigenvalue weighted by Gasteiger charge is 2.35. The van der Waals surface area contributed by atoms with Gasteiger partial charge in [0.1, 0.15) is 5.82 Å². The van der Waals surface area contributed by atoms with Crippen LogP contribution in [0.4, 0.5) is 4.39 Å². The summed E-state index contributed by atoms with van der Waals surface area (Å²) in [6.07, 6.45) is 1.87. The zero-order chi connectivity index (χ0) is 22.0. The Hall–Kier alpha value is -3.06. The molecule has 2 aromatic rings. The monoisotopic (exact) mass is 422 g/mol. The molecule has 7 heteroatoms. The van der Waals surface area contributed by atoms with Crippen molar-refractivity contribution in [2.45, 2.75) is 32.2 Å². The van der Waals surface area contributed by atoms with Crippen LogP contribution in [0.5, 0.6) is 0 Å². The topological polar surface area (TPSA) is 79.0 Å². The number of halogens is 1. The molecule has 2 N–H and O–H groups in total. The third-order valence-electron chi connectivity index (χ3n) is 6.22. The SMILES string of the molecule is Cc1ccccc1[C@H]1CC(c2cccc(F)c2)=NN1C(=O)CN1CCC(C(N)=O)CC1. The zero-order valence-electron chi connectivity index (χ0n) is 17.6. The number of amides is 2. The highest BCUT2D eigenvalue weighted by molar-refractivity contribution is 6.03. The summed E-state index contributed by atoms with van der Waals surface area (Å²) in [5.74, 6) is -0.808. The van der Waals surface area contributed by atoms with E-state index in [1.54, 1.807) is 11.1 Å². The Labute approximate surface area is 181 Å². The van der Waals surface area contributed by atoms with Crippen molar-refractivity contribution < 1.29 is 14.0 Å². The largest absolute Gasteiger partial charge is 0.369 e. The molecule has 1 atom stereocenters. The van der Waals surface area contributed by atoms with Crippen LogP contribution in [-0.2, 0) is 9.59 Å². The van der Waals surface area contributed by atoms with Gasteiger partial charge >= 0.3 is 0 Å². The van der Waals surface area contributed by atoms with Gasteiger partial charge in [-0.2, -0.15) is 5.10 Å². The minimum atomic E-state index is -0.324. The molecule has 2 heterocycles. The molecule has 6 nitrogen and oxygen atoms in total. The maximum absolute atomic E-state index is 13.8. The number of carbonyl (C=O) groups is 2. The average Bonchev–Trinajstić information content (AvgIpc) is 3.20. The van der Waals surface area contributed by atoms with Crippen molar-refractivity contribution in [3.05, 3.63) is 71.0 Å². The van der Waals surface area contributed by atoms with Gasteiger partial charge < -0.3 is 5.73 Å². The van der Waals surface area contributed by atoms with Gasteiger partial charge in [-0.25, -0.2) is 9.40 Å². The Morgan fingerprint density at radius 1 is 1.13 bits per heavy atom. The number of hydrazone groups is 1. The molecule has 1 saturated heterocycles. The number of primary amides is 1. The van der Waals surface area contributed by atoms with Crippen LogP contribution in [0.3, 0.4) is 0 Å². The number of benzene rings is 2. The van der Waals surface area contributed by atoms with Gasteiger partial charge in [0, 0.05) is 17.9 Å². The van der Waals surface area contributed by atoms with E-state index in [1.165, 1.54) is 12.1 Å². The molecule has 0 bridgehead atoms. The first kappa shape index (κ1) is 21.2. The number of nitrogens with two attached hydrogens (primary N) is 1. The zero-order valence-corrected chi connectivity index (χ0v) is 17.6. The van der Waals surface area contributed by atoms with Gasteiger partial charge in [0.05, 0.1) is 18.3 Å². The van der Waals surface area contributed by atoms with Crippen LogP contribution in [0.2, 0.25) is 0 Å². The van der Waals surface area contributed by atoms with E-state index in [4.69, 9.17) is 5.73 Å². The summed E-state index contributed by atoms with van der Waals surface area (Å²) in [6.45, 7) is 3.56. The molecule has 0 unspecified atom stereocenters. The Balaban J connectivity index is 1.56. The average molecular weight is 423 g/mol. The number of piperidine rings is 1. The maximum Gasteiger partial charge on any atom is 0.257 e. The summed E-state index contributed by atoms with van der Waals surface area (Å²) in [5, 5.41) is 6.20. The van der Waals surface area contributed by atoms with Crippen LogP contribution in [0.15, 0.2) is 53.6 Å². The summed E-state index contributed by atoms with van der Waals surface area (Å²) in [6, 6.07) is 14.1. The Bertz CT molecular complexity index is 1010. The molecular formula is C24H27FN4O2. The fraction of sp³-hybridized carbons (Fsp3) is 0.375. The lowest BCUT2D eigenvalue weighted by Gasteiger charge is -2.31. The molecular weight excluding hydrogens is 395 g/mol. The number of rotatable bonds is 5. The molecule has 0 aliphatic carbocycles. The van der Waals surface area contributed by atoms with Crippen molar-refractivity contribution in [3.63, 3.8) is 0 Å². The first-order valence-electron chi connectivity index (χ1n) is 10.6. The van der Waals surface area contributed by atoms with E-state index >= 15 is 0 Å². The minimum absolute atomic E-state index is 0.0998. The normalized spacial score (nSPS) is 20.0. The number of hydrogen-bond donors (Lipinski definition) is 1. The predicted molar refractivity (Wildman–Crippen MR) is 117 cm³/mol. The van der Waals surface area contributed by atoms with E-state index in [0.29, 0.717) is 43.6 Å². The lowest BCUT2D eigenvalue weighted by molar-refractivity contribution is -0.134. The molecule has 2 amide bonds. The lowest BCUT2D eigenvalue weighted by atomic mass is 9.95.